The van der Waals surface area contributed by atoms with Gasteiger partial charge in [0.15, 0.2) is 0 Å². The lowest BCUT2D eigenvalue weighted by atomic mass is 9.92. The zero-order valence-electron chi connectivity index (χ0n) is 9.12. The number of carbonyl (C=O) groups excluding carboxylic acids is 1. The Morgan fingerprint density at radius 1 is 1.13 bits per heavy atom. The minimum absolute atomic E-state index is 0.0190. The van der Waals surface area contributed by atoms with Crippen molar-refractivity contribution >= 4 is 15.9 Å². The van der Waals surface area contributed by atoms with Crippen molar-refractivity contribution in [2.24, 2.45) is 0 Å². The van der Waals surface area contributed by atoms with Gasteiger partial charge in [0.1, 0.15) is 0 Å². The summed E-state index contributed by atoms with van der Waals surface area (Å²) >= 11 is 0. The number of amides is 1. The van der Waals surface area contributed by atoms with Gasteiger partial charge in [-0.15, -0.1) is 0 Å². The van der Waals surface area contributed by atoms with Crippen LogP contribution in [0.4, 0.5) is 0 Å². The molecule has 1 aliphatic rings. The van der Waals surface area contributed by atoms with Crippen LogP contribution in [0.1, 0.15) is 32.6 Å². The first-order chi connectivity index (χ1) is 6.87. The van der Waals surface area contributed by atoms with E-state index >= 15 is 0 Å². The normalized spacial score (nSPS) is 27.3. The second kappa shape index (κ2) is 4.94. The van der Waals surface area contributed by atoms with Crippen molar-refractivity contribution in [1.82, 2.24) is 10.0 Å². The van der Waals surface area contributed by atoms with E-state index < -0.39 is 10.0 Å². The molecule has 0 radical (unpaired) electrons. The van der Waals surface area contributed by atoms with Crippen molar-refractivity contribution in [3.63, 3.8) is 0 Å². The first-order valence-electron chi connectivity index (χ1n) is 5.11. The Balaban J connectivity index is 2.33. The highest BCUT2D eigenvalue weighted by Gasteiger charge is 2.23. The number of hydrogen-bond acceptors (Lipinski definition) is 3. The standard InChI is InChI=1S/C9H18N2O3S/c1-7(12)10-8-3-5-9(6-4-8)11-15(2,13)14/h8-9,11H,3-6H2,1-2H3,(H,10,12)/t8-,9+. The van der Waals surface area contributed by atoms with Crippen LogP contribution >= 0.6 is 0 Å². The van der Waals surface area contributed by atoms with E-state index in [1.807, 2.05) is 0 Å². The molecule has 1 fully saturated rings. The third kappa shape index (κ3) is 5.13. The highest BCUT2D eigenvalue weighted by atomic mass is 32.2. The van der Waals surface area contributed by atoms with E-state index in [-0.39, 0.29) is 18.0 Å². The Bertz CT molecular complexity index is 318. The van der Waals surface area contributed by atoms with Gasteiger partial charge in [0.05, 0.1) is 6.26 Å². The Labute approximate surface area is 90.7 Å². The van der Waals surface area contributed by atoms with Gasteiger partial charge < -0.3 is 5.32 Å². The van der Waals surface area contributed by atoms with Crippen LogP contribution in [0.15, 0.2) is 0 Å². The highest BCUT2D eigenvalue weighted by Crippen LogP contribution is 2.18. The van der Waals surface area contributed by atoms with Gasteiger partial charge in [-0.05, 0) is 25.7 Å². The lowest BCUT2D eigenvalue weighted by molar-refractivity contribution is -0.119. The van der Waals surface area contributed by atoms with E-state index in [0.29, 0.717) is 0 Å². The molecule has 1 rings (SSSR count). The molecule has 0 aromatic heterocycles. The monoisotopic (exact) mass is 234 g/mol. The lowest BCUT2D eigenvalue weighted by Gasteiger charge is -2.28. The van der Waals surface area contributed by atoms with Crippen molar-refractivity contribution in [2.45, 2.75) is 44.7 Å². The van der Waals surface area contributed by atoms with Crippen molar-refractivity contribution in [3.05, 3.63) is 0 Å². The Kier molecular flexibility index (Phi) is 4.10. The largest absolute Gasteiger partial charge is 0.354 e. The first-order valence-corrected chi connectivity index (χ1v) is 7.00. The van der Waals surface area contributed by atoms with Crippen LogP contribution in [0.5, 0.6) is 0 Å². The maximum Gasteiger partial charge on any atom is 0.217 e. The summed E-state index contributed by atoms with van der Waals surface area (Å²) < 4.78 is 24.5. The summed E-state index contributed by atoms with van der Waals surface area (Å²) in [6.45, 7) is 1.50. The summed E-state index contributed by atoms with van der Waals surface area (Å²) in [7, 11) is -3.10. The molecule has 1 aliphatic carbocycles. The second-order valence-corrected chi connectivity index (χ2v) is 5.92. The summed E-state index contributed by atoms with van der Waals surface area (Å²) in [4.78, 5) is 10.8. The van der Waals surface area contributed by atoms with Gasteiger partial charge >= 0.3 is 0 Å². The Morgan fingerprint density at radius 3 is 2.00 bits per heavy atom. The van der Waals surface area contributed by atoms with E-state index in [0.717, 1.165) is 25.7 Å². The van der Waals surface area contributed by atoms with E-state index in [2.05, 4.69) is 10.0 Å². The zero-order chi connectivity index (χ0) is 11.5. The minimum Gasteiger partial charge on any atom is -0.354 e. The molecular formula is C9H18N2O3S. The molecule has 1 amide bonds. The minimum atomic E-state index is -3.10. The van der Waals surface area contributed by atoms with Gasteiger partial charge in [0.2, 0.25) is 15.9 Å². The van der Waals surface area contributed by atoms with Crippen molar-refractivity contribution in [3.8, 4) is 0 Å². The van der Waals surface area contributed by atoms with Crippen molar-refractivity contribution in [1.29, 1.82) is 0 Å². The smallest absolute Gasteiger partial charge is 0.217 e. The number of carbonyl (C=O) groups is 1. The molecule has 5 nitrogen and oxygen atoms in total. The fraction of sp³-hybridized carbons (Fsp3) is 0.889. The average Bonchev–Trinajstić information content (AvgIpc) is 2.05. The van der Waals surface area contributed by atoms with Gasteiger partial charge in [0.25, 0.3) is 0 Å². The lowest BCUT2D eigenvalue weighted by Crippen LogP contribution is -2.42. The quantitative estimate of drug-likeness (QED) is 0.721. The molecule has 2 N–H and O–H groups in total. The average molecular weight is 234 g/mol. The molecule has 0 heterocycles. The van der Waals surface area contributed by atoms with Crippen LogP contribution in [0, 0.1) is 0 Å². The van der Waals surface area contributed by atoms with E-state index in [9.17, 15) is 13.2 Å². The molecule has 6 heteroatoms. The summed E-state index contributed by atoms with van der Waals surface area (Å²) in [6, 6.07) is 0.241. The van der Waals surface area contributed by atoms with Crippen LogP contribution in [0.25, 0.3) is 0 Å². The summed E-state index contributed by atoms with van der Waals surface area (Å²) in [5.74, 6) is -0.0190. The van der Waals surface area contributed by atoms with E-state index in [1.165, 1.54) is 13.2 Å². The molecular weight excluding hydrogens is 216 g/mol. The summed E-state index contributed by atoms with van der Waals surface area (Å²) in [5, 5.41) is 2.85. The van der Waals surface area contributed by atoms with Crippen molar-refractivity contribution < 1.29 is 13.2 Å². The Hall–Kier alpha value is -0.620. The second-order valence-electron chi connectivity index (χ2n) is 4.14. The molecule has 0 atom stereocenters. The highest BCUT2D eigenvalue weighted by molar-refractivity contribution is 7.88. The van der Waals surface area contributed by atoms with Gasteiger partial charge in [-0.1, -0.05) is 0 Å². The molecule has 0 saturated heterocycles. The van der Waals surface area contributed by atoms with Gasteiger partial charge in [0, 0.05) is 19.0 Å². The fourth-order valence-corrected chi connectivity index (χ4v) is 2.79. The SMILES string of the molecule is CC(=O)N[C@H]1CC[C@@H](NS(C)(=O)=O)CC1. The molecule has 0 bridgehead atoms. The number of sulfonamides is 1. The summed E-state index contributed by atoms with van der Waals surface area (Å²) in [5.41, 5.74) is 0. The predicted molar refractivity (Wildman–Crippen MR) is 57.8 cm³/mol. The van der Waals surface area contributed by atoms with Crippen LogP contribution in [0.2, 0.25) is 0 Å². The predicted octanol–water partition coefficient (Wildman–Crippen LogP) is -0.0171. The summed E-state index contributed by atoms with van der Waals surface area (Å²) in [6.07, 6.45) is 4.43. The van der Waals surface area contributed by atoms with Crippen LogP contribution < -0.4 is 10.0 Å². The third-order valence-corrected chi connectivity index (χ3v) is 3.28. The Morgan fingerprint density at radius 2 is 1.60 bits per heavy atom. The van der Waals surface area contributed by atoms with Gasteiger partial charge in [-0.2, -0.15) is 0 Å². The van der Waals surface area contributed by atoms with Crippen LogP contribution in [-0.4, -0.2) is 32.7 Å². The fourth-order valence-electron chi connectivity index (χ4n) is 1.95. The van der Waals surface area contributed by atoms with Crippen molar-refractivity contribution in [2.75, 3.05) is 6.26 Å². The van der Waals surface area contributed by atoms with E-state index in [1.54, 1.807) is 0 Å². The topological polar surface area (TPSA) is 75.3 Å². The molecule has 0 unspecified atom stereocenters. The molecule has 1 saturated carbocycles. The van der Waals surface area contributed by atoms with Gasteiger partial charge in [-0.25, -0.2) is 13.1 Å². The molecule has 0 spiro atoms. The number of nitrogens with one attached hydrogen (secondary N) is 2. The molecule has 88 valence electrons. The number of hydrogen-bond donors (Lipinski definition) is 2. The molecule has 0 aromatic rings. The maximum absolute atomic E-state index is 11.0. The van der Waals surface area contributed by atoms with Gasteiger partial charge in [-0.3, -0.25) is 4.79 Å². The number of rotatable bonds is 3. The maximum atomic E-state index is 11.0. The zero-order valence-corrected chi connectivity index (χ0v) is 9.93. The molecule has 15 heavy (non-hydrogen) atoms. The van der Waals surface area contributed by atoms with Crippen LogP contribution in [0.3, 0.4) is 0 Å². The molecule has 0 aliphatic heterocycles. The van der Waals surface area contributed by atoms with E-state index in [4.69, 9.17) is 0 Å². The van der Waals surface area contributed by atoms with Crippen LogP contribution in [-0.2, 0) is 14.8 Å². The first kappa shape index (κ1) is 12.4. The molecule has 0 aromatic carbocycles. The third-order valence-electron chi connectivity index (χ3n) is 2.52.